The highest BCUT2D eigenvalue weighted by atomic mass is 32.2. The standard InChI is InChI=1S/C8H10F3NO5S/c1-4-12(7(14)8(9,10)11)5(6(13)17-2)3-18(4,15)16/h4-5H,3H2,1-2H3/t4-,5-/m1/s1. The molecule has 1 fully saturated rings. The molecule has 0 aromatic rings. The summed E-state index contributed by atoms with van der Waals surface area (Å²) < 4.78 is 64.1. The molecule has 0 unspecified atom stereocenters. The maximum atomic E-state index is 12.3. The van der Waals surface area contributed by atoms with Crippen LogP contribution in [0.2, 0.25) is 0 Å². The van der Waals surface area contributed by atoms with Gasteiger partial charge in [0.2, 0.25) is 0 Å². The summed E-state index contributed by atoms with van der Waals surface area (Å²) in [6.07, 6.45) is -5.25. The fraction of sp³-hybridized carbons (Fsp3) is 0.750. The summed E-state index contributed by atoms with van der Waals surface area (Å²) in [6, 6.07) is -1.76. The van der Waals surface area contributed by atoms with Crippen molar-refractivity contribution in [2.45, 2.75) is 24.5 Å². The first-order valence-corrected chi connectivity index (χ1v) is 6.42. The summed E-state index contributed by atoms with van der Waals surface area (Å²) in [6.45, 7) is 0.919. The topological polar surface area (TPSA) is 80.8 Å². The molecule has 1 heterocycles. The average Bonchev–Trinajstić information content (AvgIpc) is 2.47. The third kappa shape index (κ3) is 2.42. The molecule has 0 bridgehead atoms. The van der Waals surface area contributed by atoms with Gasteiger partial charge in [0, 0.05) is 0 Å². The van der Waals surface area contributed by atoms with E-state index in [9.17, 15) is 31.2 Å². The van der Waals surface area contributed by atoms with Crippen LogP contribution in [-0.4, -0.2) is 55.6 Å². The third-order valence-electron chi connectivity index (χ3n) is 2.59. The molecule has 2 atom stereocenters. The summed E-state index contributed by atoms with van der Waals surface area (Å²) in [5, 5.41) is -1.71. The van der Waals surface area contributed by atoms with Crippen LogP contribution < -0.4 is 0 Å². The number of carbonyl (C=O) groups excluding carboxylic acids is 2. The number of ether oxygens (including phenoxy) is 1. The molecule has 10 heteroatoms. The maximum Gasteiger partial charge on any atom is 0.471 e. The Hall–Kier alpha value is -1.32. The monoisotopic (exact) mass is 289 g/mol. The predicted octanol–water partition coefficient (Wildman–Crippen LogP) is -0.307. The van der Waals surface area contributed by atoms with E-state index in [4.69, 9.17) is 0 Å². The van der Waals surface area contributed by atoms with Crippen molar-refractivity contribution in [3.05, 3.63) is 0 Å². The zero-order chi connectivity index (χ0) is 14.3. The Kier molecular flexibility index (Phi) is 3.61. The van der Waals surface area contributed by atoms with E-state index >= 15 is 0 Å². The fourth-order valence-electron chi connectivity index (χ4n) is 1.64. The van der Waals surface area contributed by atoms with E-state index in [1.165, 1.54) is 0 Å². The van der Waals surface area contributed by atoms with Gasteiger partial charge in [-0.05, 0) is 6.92 Å². The molecule has 1 amide bonds. The van der Waals surface area contributed by atoms with Crippen molar-refractivity contribution < 1.29 is 35.9 Å². The van der Waals surface area contributed by atoms with Gasteiger partial charge < -0.3 is 9.64 Å². The number of alkyl halides is 3. The van der Waals surface area contributed by atoms with E-state index in [0.29, 0.717) is 0 Å². The van der Waals surface area contributed by atoms with Crippen molar-refractivity contribution in [3.63, 3.8) is 0 Å². The molecule has 1 rings (SSSR count). The molecule has 1 aliphatic rings. The first kappa shape index (κ1) is 14.7. The molecular weight excluding hydrogens is 279 g/mol. The van der Waals surface area contributed by atoms with Gasteiger partial charge in [0.25, 0.3) is 0 Å². The van der Waals surface area contributed by atoms with Gasteiger partial charge in [0.05, 0.1) is 12.9 Å². The van der Waals surface area contributed by atoms with Crippen LogP contribution in [0.5, 0.6) is 0 Å². The summed E-state index contributed by atoms with van der Waals surface area (Å²) in [5.41, 5.74) is 0. The molecule has 1 saturated heterocycles. The van der Waals surface area contributed by atoms with E-state index in [-0.39, 0.29) is 4.90 Å². The van der Waals surface area contributed by atoms with Gasteiger partial charge >= 0.3 is 18.1 Å². The first-order chi connectivity index (χ1) is 8.02. The Morgan fingerprint density at radius 2 is 1.83 bits per heavy atom. The van der Waals surface area contributed by atoms with Gasteiger partial charge in [0.1, 0.15) is 11.4 Å². The Labute approximate surface area is 101 Å². The number of nitrogens with zero attached hydrogens (tertiary/aromatic N) is 1. The van der Waals surface area contributed by atoms with Crippen molar-refractivity contribution in [1.29, 1.82) is 0 Å². The normalized spacial score (nSPS) is 27.1. The van der Waals surface area contributed by atoms with E-state index in [2.05, 4.69) is 4.74 Å². The van der Waals surface area contributed by atoms with Gasteiger partial charge in [-0.1, -0.05) is 0 Å². The largest absolute Gasteiger partial charge is 0.471 e. The lowest BCUT2D eigenvalue weighted by molar-refractivity contribution is -0.189. The van der Waals surface area contributed by atoms with Crippen LogP contribution in [0.1, 0.15) is 6.92 Å². The number of halogens is 3. The van der Waals surface area contributed by atoms with E-state index in [1.807, 2.05) is 0 Å². The molecule has 1 aliphatic heterocycles. The number of methoxy groups -OCH3 is 1. The van der Waals surface area contributed by atoms with Crippen LogP contribution in [0.25, 0.3) is 0 Å². The van der Waals surface area contributed by atoms with Crippen molar-refractivity contribution in [2.24, 2.45) is 0 Å². The first-order valence-electron chi connectivity index (χ1n) is 4.71. The molecule has 0 radical (unpaired) electrons. The van der Waals surface area contributed by atoms with Crippen LogP contribution in [0.4, 0.5) is 13.2 Å². The molecule has 0 spiro atoms. The van der Waals surface area contributed by atoms with Crippen LogP contribution in [0.3, 0.4) is 0 Å². The van der Waals surface area contributed by atoms with Gasteiger partial charge in [-0.25, -0.2) is 13.2 Å². The molecule has 0 saturated carbocycles. The van der Waals surface area contributed by atoms with E-state index in [1.54, 1.807) is 0 Å². The smallest absolute Gasteiger partial charge is 0.467 e. The molecule has 0 aromatic heterocycles. The predicted molar refractivity (Wildman–Crippen MR) is 52.0 cm³/mol. The van der Waals surface area contributed by atoms with Gasteiger partial charge in [-0.3, -0.25) is 4.79 Å². The van der Waals surface area contributed by atoms with E-state index in [0.717, 1.165) is 14.0 Å². The Bertz CT molecular complexity index is 472. The minimum absolute atomic E-state index is 0.00116. The number of carbonyl (C=O) groups is 2. The quantitative estimate of drug-likeness (QED) is 0.619. The van der Waals surface area contributed by atoms with Crippen LogP contribution in [0.15, 0.2) is 0 Å². The lowest BCUT2D eigenvalue weighted by Crippen LogP contribution is -2.50. The Balaban J connectivity index is 3.20. The zero-order valence-corrected chi connectivity index (χ0v) is 10.2. The highest BCUT2D eigenvalue weighted by molar-refractivity contribution is 7.92. The lowest BCUT2D eigenvalue weighted by Gasteiger charge is -2.25. The van der Waals surface area contributed by atoms with Crippen LogP contribution >= 0.6 is 0 Å². The number of hydrogen-bond donors (Lipinski definition) is 0. The summed E-state index contributed by atoms with van der Waals surface area (Å²) in [4.78, 5) is 22.4. The van der Waals surface area contributed by atoms with Crippen molar-refractivity contribution >= 4 is 21.7 Å². The van der Waals surface area contributed by atoms with Crippen LogP contribution in [0, 0.1) is 0 Å². The number of amides is 1. The Morgan fingerprint density at radius 3 is 2.22 bits per heavy atom. The molecule has 0 aliphatic carbocycles. The van der Waals surface area contributed by atoms with Gasteiger partial charge in [-0.15, -0.1) is 0 Å². The fourth-order valence-corrected chi connectivity index (χ4v) is 3.24. The highest BCUT2D eigenvalue weighted by Gasteiger charge is 2.55. The third-order valence-corrected chi connectivity index (χ3v) is 4.63. The number of esters is 1. The molecular formula is C8H10F3NO5S. The zero-order valence-electron chi connectivity index (χ0n) is 9.39. The molecule has 18 heavy (non-hydrogen) atoms. The number of hydrogen-bond acceptors (Lipinski definition) is 5. The second-order valence-electron chi connectivity index (χ2n) is 3.68. The highest BCUT2D eigenvalue weighted by Crippen LogP contribution is 2.29. The summed E-state index contributed by atoms with van der Waals surface area (Å²) >= 11 is 0. The summed E-state index contributed by atoms with van der Waals surface area (Å²) in [7, 11) is -3.08. The molecule has 0 aromatic carbocycles. The van der Waals surface area contributed by atoms with Crippen LogP contribution in [-0.2, 0) is 24.2 Å². The van der Waals surface area contributed by atoms with Gasteiger partial charge in [0.15, 0.2) is 9.84 Å². The molecule has 104 valence electrons. The average molecular weight is 289 g/mol. The van der Waals surface area contributed by atoms with Gasteiger partial charge in [-0.2, -0.15) is 13.2 Å². The minimum Gasteiger partial charge on any atom is -0.467 e. The van der Waals surface area contributed by atoms with Crippen molar-refractivity contribution in [3.8, 4) is 0 Å². The molecule has 0 N–H and O–H groups in total. The second-order valence-corrected chi connectivity index (χ2v) is 6.02. The van der Waals surface area contributed by atoms with E-state index < -0.39 is 45.1 Å². The second kappa shape index (κ2) is 4.41. The number of sulfone groups is 1. The number of rotatable bonds is 1. The Morgan fingerprint density at radius 1 is 1.33 bits per heavy atom. The van der Waals surface area contributed by atoms with Crippen molar-refractivity contribution in [2.75, 3.05) is 12.9 Å². The maximum absolute atomic E-state index is 12.3. The SMILES string of the molecule is COC(=O)[C@H]1CS(=O)(=O)[C@H](C)N1C(=O)C(F)(F)F. The summed E-state index contributed by atoms with van der Waals surface area (Å²) in [5.74, 6) is -4.44. The lowest BCUT2D eigenvalue weighted by atomic mass is 10.2. The van der Waals surface area contributed by atoms with Crippen molar-refractivity contribution in [1.82, 2.24) is 4.90 Å². The minimum atomic E-state index is -5.25. The molecule has 6 nitrogen and oxygen atoms in total.